The summed E-state index contributed by atoms with van der Waals surface area (Å²) in [6, 6.07) is 7.32. The van der Waals surface area contributed by atoms with Gasteiger partial charge in [0.1, 0.15) is 22.4 Å². The number of hydrogen-bond acceptors (Lipinski definition) is 5. The van der Waals surface area contributed by atoms with E-state index in [4.69, 9.17) is 27.9 Å². The maximum atomic E-state index is 5.95. The number of ether oxygens (including phenoxy) is 1. The minimum atomic E-state index is 0.591. The van der Waals surface area contributed by atoms with Crippen molar-refractivity contribution in [2.24, 2.45) is 0 Å². The maximum Gasteiger partial charge on any atom is 0.138 e. The fourth-order valence-electron chi connectivity index (χ4n) is 1.48. The summed E-state index contributed by atoms with van der Waals surface area (Å²) in [6.07, 6.45) is 0. The monoisotopic (exact) mass is 317 g/mol. The summed E-state index contributed by atoms with van der Waals surface area (Å²) in [4.78, 5) is 2.08. The van der Waals surface area contributed by atoms with Crippen molar-refractivity contribution in [2.75, 3.05) is 20.2 Å². The van der Waals surface area contributed by atoms with Gasteiger partial charge in [-0.15, -0.1) is 5.10 Å². The van der Waals surface area contributed by atoms with Gasteiger partial charge >= 0.3 is 0 Å². The summed E-state index contributed by atoms with van der Waals surface area (Å²) >= 11 is 13.0. The standard InChI is InChI=1S/C12H13Cl2N3OS/c1-17(8-11-12(14)19-16-15-11)6-7-18-10-4-2-9(13)3-5-10/h2-5H,6-8H2,1H3. The third-order valence-electron chi connectivity index (χ3n) is 2.48. The molecule has 0 radical (unpaired) electrons. The summed E-state index contributed by atoms with van der Waals surface area (Å²) in [5.74, 6) is 0.811. The van der Waals surface area contributed by atoms with Gasteiger partial charge in [-0.2, -0.15) is 0 Å². The summed E-state index contributed by atoms with van der Waals surface area (Å²) in [7, 11) is 1.99. The van der Waals surface area contributed by atoms with Gasteiger partial charge < -0.3 is 4.74 Å². The van der Waals surface area contributed by atoms with Crippen molar-refractivity contribution >= 4 is 34.7 Å². The first-order valence-electron chi connectivity index (χ1n) is 5.69. The van der Waals surface area contributed by atoms with Crippen LogP contribution in [-0.4, -0.2) is 34.7 Å². The highest BCUT2D eigenvalue weighted by molar-refractivity contribution is 7.10. The van der Waals surface area contributed by atoms with Crippen LogP contribution in [0.4, 0.5) is 0 Å². The SMILES string of the molecule is CN(CCOc1ccc(Cl)cc1)Cc1nnsc1Cl. The summed E-state index contributed by atoms with van der Waals surface area (Å²) < 4.78 is 10.1. The van der Waals surface area contributed by atoms with Crippen molar-refractivity contribution < 1.29 is 4.74 Å². The Kier molecular flexibility index (Phi) is 5.39. The number of rotatable bonds is 6. The molecule has 102 valence electrons. The Hall–Kier alpha value is -0.880. The maximum absolute atomic E-state index is 5.95. The van der Waals surface area contributed by atoms with Crippen LogP contribution in [0.2, 0.25) is 9.36 Å². The zero-order valence-corrected chi connectivity index (χ0v) is 12.7. The van der Waals surface area contributed by atoms with Gasteiger partial charge in [0.15, 0.2) is 0 Å². The first kappa shape index (κ1) is 14.5. The Balaban J connectivity index is 1.73. The molecule has 0 spiro atoms. The van der Waals surface area contributed by atoms with E-state index in [-0.39, 0.29) is 0 Å². The molecule has 2 aromatic rings. The quantitative estimate of drug-likeness (QED) is 0.819. The second kappa shape index (κ2) is 7.05. The van der Waals surface area contributed by atoms with Gasteiger partial charge in [0.2, 0.25) is 0 Å². The first-order valence-corrected chi connectivity index (χ1v) is 7.21. The lowest BCUT2D eigenvalue weighted by Crippen LogP contribution is -2.24. The van der Waals surface area contributed by atoms with E-state index in [1.54, 1.807) is 12.1 Å². The summed E-state index contributed by atoms with van der Waals surface area (Å²) in [5, 5.41) is 4.67. The Bertz CT molecular complexity index is 518. The molecule has 1 aromatic carbocycles. The third kappa shape index (κ3) is 4.62. The van der Waals surface area contributed by atoms with Crippen molar-refractivity contribution in [1.29, 1.82) is 0 Å². The molecular weight excluding hydrogens is 305 g/mol. The van der Waals surface area contributed by atoms with Crippen molar-refractivity contribution in [3.8, 4) is 5.75 Å². The molecule has 0 saturated carbocycles. The number of halogens is 2. The highest BCUT2D eigenvalue weighted by Gasteiger charge is 2.08. The van der Waals surface area contributed by atoms with Crippen LogP contribution in [0, 0.1) is 0 Å². The number of benzene rings is 1. The smallest absolute Gasteiger partial charge is 0.138 e. The molecule has 0 fully saturated rings. The summed E-state index contributed by atoms with van der Waals surface area (Å²) in [5.41, 5.74) is 0.806. The zero-order valence-electron chi connectivity index (χ0n) is 10.3. The lowest BCUT2D eigenvalue weighted by Gasteiger charge is -2.15. The van der Waals surface area contributed by atoms with Gasteiger partial charge in [0.05, 0.1) is 0 Å². The predicted molar refractivity (Wildman–Crippen MR) is 78.2 cm³/mol. The van der Waals surface area contributed by atoms with Gasteiger partial charge in [-0.05, 0) is 31.3 Å². The highest BCUT2D eigenvalue weighted by atomic mass is 35.5. The van der Waals surface area contributed by atoms with Crippen LogP contribution in [0.1, 0.15) is 5.69 Å². The van der Waals surface area contributed by atoms with E-state index in [2.05, 4.69) is 14.5 Å². The fourth-order valence-corrected chi connectivity index (χ4v) is 2.21. The largest absolute Gasteiger partial charge is 0.492 e. The van der Waals surface area contributed by atoms with Crippen LogP contribution < -0.4 is 4.74 Å². The fraction of sp³-hybridized carbons (Fsp3) is 0.333. The molecule has 19 heavy (non-hydrogen) atoms. The van der Waals surface area contributed by atoms with E-state index in [1.807, 2.05) is 19.2 Å². The molecule has 0 saturated heterocycles. The van der Waals surface area contributed by atoms with Crippen molar-refractivity contribution in [3.63, 3.8) is 0 Å². The normalized spacial score (nSPS) is 10.9. The molecule has 1 aromatic heterocycles. The Labute approximate surface area is 126 Å². The molecule has 0 unspecified atom stereocenters. The molecule has 1 heterocycles. The van der Waals surface area contributed by atoms with Crippen LogP contribution >= 0.6 is 34.7 Å². The topological polar surface area (TPSA) is 38.2 Å². The van der Waals surface area contributed by atoms with Gasteiger partial charge in [0, 0.05) is 29.6 Å². The predicted octanol–water partition coefficient (Wildman–Crippen LogP) is 3.36. The molecular formula is C12H13Cl2N3OS. The van der Waals surface area contributed by atoms with Gasteiger partial charge in [-0.25, -0.2) is 0 Å². The first-order chi connectivity index (χ1) is 9.15. The average molecular weight is 318 g/mol. The average Bonchev–Trinajstić information content (AvgIpc) is 2.78. The number of aromatic nitrogens is 2. The Morgan fingerprint density at radius 2 is 2.00 bits per heavy atom. The molecule has 0 aliphatic rings. The van der Waals surface area contributed by atoms with Crippen molar-refractivity contribution in [3.05, 3.63) is 39.3 Å². The van der Waals surface area contributed by atoms with Gasteiger partial charge in [-0.3, -0.25) is 4.90 Å². The highest BCUT2D eigenvalue weighted by Crippen LogP contribution is 2.18. The van der Waals surface area contributed by atoms with Crippen LogP contribution in [0.25, 0.3) is 0 Å². The van der Waals surface area contributed by atoms with Gasteiger partial charge in [0.25, 0.3) is 0 Å². The van der Waals surface area contributed by atoms with Crippen molar-refractivity contribution in [1.82, 2.24) is 14.5 Å². The van der Waals surface area contributed by atoms with Crippen LogP contribution in [0.5, 0.6) is 5.75 Å². The molecule has 0 atom stereocenters. The van der Waals surface area contributed by atoms with E-state index in [1.165, 1.54) is 11.5 Å². The lowest BCUT2D eigenvalue weighted by atomic mass is 10.3. The van der Waals surface area contributed by atoms with E-state index in [0.29, 0.717) is 22.5 Å². The molecule has 0 bridgehead atoms. The number of likely N-dealkylation sites (N-methyl/N-ethyl adjacent to an activating group) is 1. The molecule has 0 amide bonds. The lowest BCUT2D eigenvalue weighted by molar-refractivity contribution is 0.231. The Morgan fingerprint density at radius 1 is 1.26 bits per heavy atom. The Morgan fingerprint density at radius 3 is 2.63 bits per heavy atom. The van der Waals surface area contributed by atoms with E-state index < -0.39 is 0 Å². The minimum Gasteiger partial charge on any atom is -0.492 e. The van der Waals surface area contributed by atoms with Gasteiger partial charge in [-0.1, -0.05) is 27.7 Å². The molecule has 4 nitrogen and oxygen atoms in total. The van der Waals surface area contributed by atoms with Crippen LogP contribution in [0.15, 0.2) is 24.3 Å². The van der Waals surface area contributed by atoms with Crippen LogP contribution in [0.3, 0.4) is 0 Å². The molecule has 0 aliphatic carbocycles. The van der Waals surface area contributed by atoms with E-state index >= 15 is 0 Å². The zero-order chi connectivity index (χ0) is 13.7. The summed E-state index contributed by atoms with van der Waals surface area (Å²) in [6.45, 7) is 2.03. The molecule has 2 rings (SSSR count). The van der Waals surface area contributed by atoms with Crippen LogP contribution in [-0.2, 0) is 6.54 Å². The van der Waals surface area contributed by atoms with E-state index in [9.17, 15) is 0 Å². The molecule has 7 heteroatoms. The number of nitrogens with zero attached hydrogens (tertiary/aromatic N) is 3. The van der Waals surface area contributed by atoms with E-state index in [0.717, 1.165) is 18.0 Å². The second-order valence-electron chi connectivity index (χ2n) is 4.03. The molecule has 0 N–H and O–H groups in total. The minimum absolute atomic E-state index is 0.591. The van der Waals surface area contributed by atoms with Crippen molar-refractivity contribution in [2.45, 2.75) is 6.54 Å². The molecule has 0 aliphatic heterocycles. The number of hydrogen-bond donors (Lipinski definition) is 0. The third-order valence-corrected chi connectivity index (χ3v) is 3.72. The second-order valence-corrected chi connectivity index (χ2v) is 5.83.